The standard InChI is InChI=1S/C22H21F3N2O/c1-15-11-17(14-21(26,13-15)18-8-3-2-4-9-18)20-12-16-7-5-6-10-19(16)27(20)28-22(23,24)25/h2-12,17H,13-14,26H2,1H3. The second kappa shape index (κ2) is 6.71. The third-order valence-electron chi connectivity index (χ3n) is 5.28. The fourth-order valence-electron chi connectivity index (χ4n) is 4.22. The Hall–Kier alpha value is -2.73. The lowest BCUT2D eigenvalue weighted by Gasteiger charge is -2.37. The summed E-state index contributed by atoms with van der Waals surface area (Å²) in [7, 11) is 0. The zero-order valence-corrected chi connectivity index (χ0v) is 15.4. The molecule has 4 rings (SSSR count). The van der Waals surface area contributed by atoms with Crippen molar-refractivity contribution in [2.24, 2.45) is 5.73 Å². The van der Waals surface area contributed by atoms with E-state index in [0.29, 0.717) is 29.4 Å². The highest BCUT2D eigenvalue weighted by atomic mass is 19.4. The molecule has 3 nitrogen and oxygen atoms in total. The summed E-state index contributed by atoms with van der Waals surface area (Å²) in [6, 6.07) is 18.4. The van der Waals surface area contributed by atoms with Crippen LogP contribution in [0.3, 0.4) is 0 Å². The number of allylic oxidation sites excluding steroid dienone is 1. The van der Waals surface area contributed by atoms with Crippen molar-refractivity contribution in [3.8, 4) is 0 Å². The molecule has 0 bridgehead atoms. The van der Waals surface area contributed by atoms with Crippen molar-refractivity contribution in [3.05, 3.63) is 83.6 Å². The van der Waals surface area contributed by atoms with Gasteiger partial charge < -0.3 is 10.6 Å². The van der Waals surface area contributed by atoms with E-state index < -0.39 is 11.9 Å². The Kier molecular flexibility index (Phi) is 4.46. The quantitative estimate of drug-likeness (QED) is 0.623. The highest BCUT2D eigenvalue weighted by Crippen LogP contribution is 2.43. The van der Waals surface area contributed by atoms with Crippen LogP contribution in [0.15, 0.2) is 72.3 Å². The second-order valence-electron chi connectivity index (χ2n) is 7.48. The first-order valence-corrected chi connectivity index (χ1v) is 9.13. The lowest BCUT2D eigenvalue weighted by molar-refractivity contribution is -0.321. The molecule has 28 heavy (non-hydrogen) atoms. The van der Waals surface area contributed by atoms with Crippen molar-refractivity contribution in [1.29, 1.82) is 0 Å². The van der Waals surface area contributed by atoms with Gasteiger partial charge in [0.15, 0.2) is 0 Å². The van der Waals surface area contributed by atoms with Gasteiger partial charge in [0.2, 0.25) is 0 Å². The fraction of sp³-hybridized carbons (Fsp3) is 0.273. The molecule has 2 atom stereocenters. The van der Waals surface area contributed by atoms with Gasteiger partial charge in [0.25, 0.3) is 0 Å². The Morgan fingerprint density at radius 2 is 1.75 bits per heavy atom. The van der Waals surface area contributed by atoms with Crippen molar-refractivity contribution in [2.75, 3.05) is 0 Å². The predicted molar refractivity (Wildman–Crippen MR) is 103 cm³/mol. The van der Waals surface area contributed by atoms with Gasteiger partial charge in [-0.3, -0.25) is 0 Å². The third-order valence-corrected chi connectivity index (χ3v) is 5.28. The summed E-state index contributed by atoms with van der Waals surface area (Å²) < 4.78 is 40.2. The summed E-state index contributed by atoms with van der Waals surface area (Å²) in [5.41, 5.74) is 8.97. The molecule has 1 aliphatic rings. The van der Waals surface area contributed by atoms with Crippen LogP contribution in [0.1, 0.15) is 36.9 Å². The SMILES string of the molecule is CC1=CC(c2cc3ccccc3n2OC(F)(F)F)CC(N)(c2ccccc2)C1. The molecular formula is C22H21F3N2O. The van der Waals surface area contributed by atoms with E-state index in [0.717, 1.165) is 15.9 Å². The van der Waals surface area contributed by atoms with E-state index in [9.17, 15) is 13.2 Å². The predicted octanol–water partition coefficient (Wildman–Crippen LogP) is 5.27. The Labute approximate surface area is 161 Å². The molecule has 2 N–H and O–H groups in total. The first kappa shape index (κ1) is 18.6. The first-order valence-electron chi connectivity index (χ1n) is 9.13. The van der Waals surface area contributed by atoms with Gasteiger partial charge in [-0.2, -0.15) is 4.73 Å². The summed E-state index contributed by atoms with van der Waals surface area (Å²) in [6.07, 6.45) is -1.64. The molecule has 3 aromatic rings. The van der Waals surface area contributed by atoms with Crippen molar-refractivity contribution < 1.29 is 18.0 Å². The van der Waals surface area contributed by atoms with Crippen molar-refractivity contribution >= 4 is 10.9 Å². The van der Waals surface area contributed by atoms with Crippen LogP contribution in [-0.4, -0.2) is 11.1 Å². The third kappa shape index (κ3) is 3.52. The molecule has 0 radical (unpaired) electrons. The maximum Gasteiger partial charge on any atom is 0.591 e. The Morgan fingerprint density at radius 1 is 1.07 bits per heavy atom. The van der Waals surface area contributed by atoms with Crippen molar-refractivity contribution in [3.63, 3.8) is 0 Å². The largest absolute Gasteiger partial charge is 0.591 e. The maximum atomic E-state index is 13.1. The molecular weight excluding hydrogens is 365 g/mol. The minimum absolute atomic E-state index is 0.297. The van der Waals surface area contributed by atoms with Crippen LogP contribution in [0.2, 0.25) is 0 Å². The zero-order valence-electron chi connectivity index (χ0n) is 15.4. The first-order chi connectivity index (χ1) is 13.3. The van der Waals surface area contributed by atoms with Gasteiger partial charge in [-0.15, -0.1) is 13.2 Å². The van der Waals surface area contributed by atoms with Gasteiger partial charge in [0.1, 0.15) is 0 Å². The van der Waals surface area contributed by atoms with E-state index in [1.54, 1.807) is 30.3 Å². The summed E-state index contributed by atoms with van der Waals surface area (Å²) in [4.78, 5) is 4.40. The van der Waals surface area contributed by atoms with E-state index in [-0.39, 0.29) is 5.92 Å². The van der Waals surface area contributed by atoms with Crippen LogP contribution in [0.5, 0.6) is 0 Å². The van der Waals surface area contributed by atoms with Gasteiger partial charge in [-0.05, 0) is 37.5 Å². The lowest BCUT2D eigenvalue weighted by atomic mass is 9.72. The van der Waals surface area contributed by atoms with Crippen LogP contribution >= 0.6 is 0 Å². The zero-order chi connectivity index (χ0) is 19.9. The minimum Gasteiger partial charge on any atom is -0.321 e. The number of fused-ring (bicyclic) bond motifs is 1. The molecule has 0 amide bonds. The number of hydrogen-bond donors (Lipinski definition) is 1. The molecule has 1 heterocycles. The van der Waals surface area contributed by atoms with Crippen LogP contribution < -0.4 is 10.6 Å². The van der Waals surface area contributed by atoms with Crippen LogP contribution in [0, 0.1) is 0 Å². The second-order valence-corrected chi connectivity index (χ2v) is 7.48. The topological polar surface area (TPSA) is 40.2 Å². The van der Waals surface area contributed by atoms with Crippen molar-refractivity contribution in [1.82, 2.24) is 4.73 Å². The van der Waals surface area contributed by atoms with Crippen LogP contribution in [-0.2, 0) is 5.54 Å². The summed E-state index contributed by atoms with van der Waals surface area (Å²) in [5.74, 6) is -0.297. The number of hydrogen-bond acceptors (Lipinski definition) is 2. The van der Waals surface area contributed by atoms with Gasteiger partial charge in [0, 0.05) is 16.8 Å². The maximum absolute atomic E-state index is 13.1. The molecule has 1 aliphatic carbocycles. The molecule has 2 aromatic carbocycles. The van der Waals surface area contributed by atoms with E-state index in [2.05, 4.69) is 4.84 Å². The smallest absolute Gasteiger partial charge is 0.321 e. The number of nitrogens with zero attached hydrogens (tertiary/aromatic N) is 1. The summed E-state index contributed by atoms with van der Waals surface area (Å²) in [6.45, 7) is 1.97. The van der Waals surface area contributed by atoms with E-state index >= 15 is 0 Å². The molecule has 1 aromatic heterocycles. The Balaban J connectivity index is 1.81. The minimum atomic E-state index is -4.79. The molecule has 2 unspecified atom stereocenters. The number of benzene rings is 2. The average molecular weight is 386 g/mol. The average Bonchev–Trinajstić information content (AvgIpc) is 2.99. The van der Waals surface area contributed by atoms with Gasteiger partial charge in [-0.25, -0.2) is 0 Å². The lowest BCUT2D eigenvalue weighted by Crippen LogP contribution is -2.41. The molecule has 0 aliphatic heterocycles. The molecule has 0 fully saturated rings. The van der Waals surface area contributed by atoms with Gasteiger partial charge >= 0.3 is 6.36 Å². The van der Waals surface area contributed by atoms with Gasteiger partial charge in [0.05, 0.1) is 11.2 Å². The van der Waals surface area contributed by atoms with Crippen LogP contribution in [0.25, 0.3) is 10.9 Å². The Morgan fingerprint density at radius 3 is 2.46 bits per heavy atom. The van der Waals surface area contributed by atoms with E-state index in [1.165, 1.54) is 0 Å². The highest BCUT2D eigenvalue weighted by Gasteiger charge is 2.38. The molecule has 0 spiro atoms. The molecule has 0 saturated carbocycles. The van der Waals surface area contributed by atoms with Crippen LogP contribution in [0.4, 0.5) is 13.2 Å². The number of aromatic nitrogens is 1. The molecule has 146 valence electrons. The van der Waals surface area contributed by atoms with E-state index in [1.807, 2.05) is 43.3 Å². The Bertz CT molecular complexity index is 1020. The van der Waals surface area contributed by atoms with Gasteiger partial charge in [-0.1, -0.05) is 60.2 Å². The monoisotopic (exact) mass is 386 g/mol. The summed E-state index contributed by atoms with van der Waals surface area (Å²) >= 11 is 0. The number of nitrogens with two attached hydrogens (primary N) is 1. The highest BCUT2D eigenvalue weighted by molar-refractivity contribution is 5.81. The molecule has 0 saturated heterocycles. The number of halogens is 3. The number of rotatable bonds is 3. The van der Waals surface area contributed by atoms with Crippen molar-refractivity contribution in [2.45, 2.75) is 37.6 Å². The normalized spacial score (nSPS) is 22.9. The summed E-state index contributed by atoms with van der Waals surface area (Å²) in [5, 5.41) is 0.695. The van der Waals surface area contributed by atoms with E-state index in [4.69, 9.17) is 5.73 Å². The number of para-hydroxylation sites is 1. The molecule has 6 heteroatoms. The fourth-order valence-corrected chi connectivity index (χ4v) is 4.22. The number of alkyl halides is 3.